The Bertz CT molecular complexity index is 264. The van der Waals surface area contributed by atoms with Gasteiger partial charge in [-0.15, -0.1) is 0 Å². The van der Waals surface area contributed by atoms with Crippen LogP contribution in [0.1, 0.15) is 25.7 Å². The Hall–Kier alpha value is -1.06. The molecule has 0 aliphatic carbocycles. The highest BCUT2D eigenvalue weighted by Crippen LogP contribution is 2.31. The van der Waals surface area contributed by atoms with Crippen molar-refractivity contribution in [3.8, 4) is 0 Å². The molecule has 0 aromatic heterocycles. The molecule has 0 spiro atoms. The van der Waals surface area contributed by atoms with E-state index in [1.54, 1.807) is 0 Å². The predicted octanol–water partition coefficient (Wildman–Crippen LogP) is 0.560. The molecule has 2 saturated heterocycles. The van der Waals surface area contributed by atoms with E-state index in [0.717, 1.165) is 25.8 Å². The number of nitrogens with zero attached hydrogens (tertiary/aromatic N) is 1. The van der Waals surface area contributed by atoms with E-state index in [9.17, 15) is 9.59 Å². The van der Waals surface area contributed by atoms with Crippen molar-refractivity contribution in [1.29, 1.82) is 0 Å². The topological polar surface area (TPSA) is 46.6 Å². The molecule has 0 N–H and O–H groups in total. The lowest BCUT2D eigenvalue weighted by molar-refractivity contribution is -0.149. The molecule has 2 aliphatic rings. The molecule has 4 nitrogen and oxygen atoms in total. The molecule has 0 radical (unpaired) electrons. The zero-order valence-corrected chi connectivity index (χ0v) is 8.36. The molecule has 2 heterocycles. The highest BCUT2D eigenvalue weighted by molar-refractivity contribution is 5.80. The van der Waals surface area contributed by atoms with Gasteiger partial charge in [-0.3, -0.25) is 9.59 Å². The highest BCUT2D eigenvalue weighted by atomic mass is 16.5. The third-order valence-electron chi connectivity index (χ3n) is 3.26. The molecular weight excluding hydrogens is 182 g/mol. The molecule has 0 aromatic carbocycles. The van der Waals surface area contributed by atoms with Crippen molar-refractivity contribution in [2.45, 2.75) is 31.7 Å². The summed E-state index contributed by atoms with van der Waals surface area (Å²) in [7, 11) is 1.43. The molecule has 0 saturated carbocycles. The first kappa shape index (κ1) is 9.49. The monoisotopic (exact) mass is 197 g/mol. The smallest absolute Gasteiger partial charge is 0.308 e. The van der Waals surface area contributed by atoms with Crippen LogP contribution >= 0.6 is 0 Å². The Balaban J connectivity index is 1.99. The van der Waals surface area contributed by atoms with E-state index >= 15 is 0 Å². The number of ether oxygens (including phenoxy) is 1. The number of carbonyl (C=O) groups is 2. The zero-order valence-electron chi connectivity index (χ0n) is 8.36. The van der Waals surface area contributed by atoms with Crippen LogP contribution in [-0.4, -0.2) is 36.5 Å². The molecule has 2 atom stereocenters. The van der Waals surface area contributed by atoms with Gasteiger partial charge in [0.25, 0.3) is 0 Å². The van der Waals surface area contributed by atoms with Gasteiger partial charge in [-0.1, -0.05) is 0 Å². The SMILES string of the molecule is COC(=O)C1CCN2C(=O)CCC2C1. The molecule has 2 fully saturated rings. The Morgan fingerprint density at radius 3 is 3.00 bits per heavy atom. The third-order valence-corrected chi connectivity index (χ3v) is 3.26. The summed E-state index contributed by atoms with van der Waals surface area (Å²) in [6.45, 7) is 0.725. The Morgan fingerprint density at radius 1 is 1.50 bits per heavy atom. The Morgan fingerprint density at radius 2 is 2.29 bits per heavy atom. The molecule has 0 bridgehead atoms. The standard InChI is InChI=1S/C10H15NO3/c1-14-10(13)7-4-5-11-8(6-7)2-3-9(11)12/h7-8H,2-6H2,1H3. The van der Waals surface area contributed by atoms with Gasteiger partial charge in [0.2, 0.25) is 5.91 Å². The van der Waals surface area contributed by atoms with Gasteiger partial charge in [0, 0.05) is 19.0 Å². The van der Waals surface area contributed by atoms with Gasteiger partial charge in [-0.25, -0.2) is 0 Å². The van der Waals surface area contributed by atoms with Crippen molar-refractivity contribution < 1.29 is 14.3 Å². The normalized spacial score (nSPS) is 31.5. The van der Waals surface area contributed by atoms with Crippen molar-refractivity contribution in [3.05, 3.63) is 0 Å². The van der Waals surface area contributed by atoms with Gasteiger partial charge >= 0.3 is 5.97 Å². The predicted molar refractivity (Wildman–Crippen MR) is 49.5 cm³/mol. The van der Waals surface area contributed by atoms with Crippen molar-refractivity contribution in [2.75, 3.05) is 13.7 Å². The average molecular weight is 197 g/mol. The van der Waals surface area contributed by atoms with E-state index in [1.807, 2.05) is 4.90 Å². The lowest BCUT2D eigenvalue weighted by atomic mass is 9.91. The van der Waals surface area contributed by atoms with E-state index in [4.69, 9.17) is 4.74 Å². The van der Waals surface area contributed by atoms with Gasteiger partial charge in [0.15, 0.2) is 0 Å². The van der Waals surface area contributed by atoms with Crippen LogP contribution in [-0.2, 0) is 14.3 Å². The first-order valence-corrected chi connectivity index (χ1v) is 5.09. The number of carbonyl (C=O) groups excluding carboxylic acids is 2. The minimum atomic E-state index is -0.121. The average Bonchev–Trinajstić information content (AvgIpc) is 2.59. The van der Waals surface area contributed by atoms with E-state index in [-0.39, 0.29) is 17.8 Å². The maximum Gasteiger partial charge on any atom is 0.308 e. The van der Waals surface area contributed by atoms with Crippen LogP contribution in [0.2, 0.25) is 0 Å². The molecule has 2 rings (SSSR count). The van der Waals surface area contributed by atoms with Gasteiger partial charge in [-0.05, 0) is 19.3 Å². The zero-order chi connectivity index (χ0) is 10.1. The Kier molecular flexibility index (Phi) is 2.44. The van der Waals surface area contributed by atoms with Gasteiger partial charge in [-0.2, -0.15) is 0 Å². The quantitative estimate of drug-likeness (QED) is 0.577. The van der Waals surface area contributed by atoms with Gasteiger partial charge < -0.3 is 9.64 Å². The number of rotatable bonds is 1. The summed E-state index contributed by atoms with van der Waals surface area (Å²) in [5.74, 6) is 0.134. The fraction of sp³-hybridized carbons (Fsp3) is 0.800. The molecule has 1 amide bonds. The van der Waals surface area contributed by atoms with E-state index in [0.29, 0.717) is 12.5 Å². The molecule has 2 aliphatic heterocycles. The van der Waals surface area contributed by atoms with Crippen molar-refractivity contribution in [1.82, 2.24) is 4.90 Å². The lowest BCUT2D eigenvalue weighted by Gasteiger charge is -2.33. The minimum Gasteiger partial charge on any atom is -0.469 e. The number of methoxy groups -OCH3 is 1. The number of piperidine rings is 1. The van der Waals surface area contributed by atoms with Gasteiger partial charge in [0.05, 0.1) is 13.0 Å². The number of esters is 1. The van der Waals surface area contributed by atoms with E-state index < -0.39 is 0 Å². The molecular formula is C10H15NO3. The molecule has 4 heteroatoms. The maximum atomic E-state index is 11.4. The second kappa shape index (κ2) is 3.59. The van der Waals surface area contributed by atoms with Crippen molar-refractivity contribution in [2.24, 2.45) is 5.92 Å². The van der Waals surface area contributed by atoms with Crippen molar-refractivity contribution in [3.63, 3.8) is 0 Å². The molecule has 0 aromatic rings. The molecule has 78 valence electrons. The molecule has 2 unspecified atom stereocenters. The first-order valence-electron chi connectivity index (χ1n) is 5.09. The van der Waals surface area contributed by atoms with Crippen LogP contribution in [0.5, 0.6) is 0 Å². The highest BCUT2D eigenvalue weighted by Gasteiger charge is 2.38. The summed E-state index contributed by atoms with van der Waals surface area (Å²) in [4.78, 5) is 24.6. The van der Waals surface area contributed by atoms with Crippen LogP contribution in [0.15, 0.2) is 0 Å². The number of fused-ring (bicyclic) bond motifs is 1. The fourth-order valence-corrected chi connectivity index (χ4v) is 2.47. The van der Waals surface area contributed by atoms with Crippen LogP contribution in [0.3, 0.4) is 0 Å². The lowest BCUT2D eigenvalue weighted by Crippen LogP contribution is -2.42. The summed E-state index contributed by atoms with van der Waals surface area (Å²) in [5, 5.41) is 0. The number of hydrogen-bond acceptors (Lipinski definition) is 3. The van der Waals surface area contributed by atoms with Crippen molar-refractivity contribution >= 4 is 11.9 Å². The second-order valence-corrected chi connectivity index (χ2v) is 4.02. The number of hydrogen-bond donors (Lipinski definition) is 0. The second-order valence-electron chi connectivity index (χ2n) is 4.02. The first-order chi connectivity index (χ1) is 6.72. The summed E-state index contributed by atoms with van der Waals surface area (Å²) in [5.41, 5.74) is 0. The molecule has 14 heavy (non-hydrogen) atoms. The van der Waals surface area contributed by atoms with Crippen LogP contribution < -0.4 is 0 Å². The Labute approximate surface area is 83.2 Å². The number of amides is 1. The summed E-state index contributed by atoms with van der Waals surface area (Å²) in [6.07, 6.45) is 3.11. The summed E-state index contributed by atoms with van der Waals surface area (Å²) < 4.78 is 4.72. The third kappa shape index (κ3) is 1.49. The van der Waals surface area contributed by atoms with Crippen LogP contribution in [0.25, 0.3) is 0 Å². The summed E-state index contributed by atoms with van der Waals surface area (Å²) in [6, 6.07) is 0.292. The largest absolute Gasteiger partial charge is 0.469 e. The van der Waals surface area contributed by atoms with Crippen LogP contribution in [0, 0.1) is 5.92 Å². The van der Waals surface area contributed by atoms with E-state index in [2.05, 4.69) is 0 Å². The van der Waals surface area contributed by atoms with Gasteiger partial charge in [0.1, 0.15) is 0 Å². The van der Waals surface area contributed by atoms with E-state index in [1.165, 1.54) is 7.11 Å². The minimum absolute atomic E-state index is 0.00662. The summed E-state index contributed by atoms with van der Waals surface area (Å²) >= 11 is 0. The fourth-order valence-electron chi connectivity index (χ4n) is 2.47. The maximum absolute atomic E-state index is 11.4. The van der Waals surface area contributed by atoms with Crippen LogP contribution in [0.4, 0.5) is 0 Å².